The Morgan fingerprint density at radius 2 is 2.06 bits per heavy atom. The summed E-state index contributed by atoms with van der Waals surface area (Å²) in [4.78, 5) is 0. The van der Waals surface area contributed by atoms with Crippen LogP contribution in [0.1, 0.15) is 24.8 Å². The van der Waals surface area contributed by atoms with Gasteiger partial charge in [0.15, 0.2) is 0 Å². The van der Waals surface area contributed by atoms with E-state index in [1.807, 2.05) is 6.92 Å². The van der Waals surface area contributed by atoms with Crippen LogP contribution in [0.25, 0.3) is 0 Å². The highest BCUT2D eigenvalue weighted by atomic mass is 35.5. The van der Waals surface area contributed by atoms with E-state index in [1.165, 1.54) is 12.0 Å². The maximum atomic E-state index is 5.29. The van der Waals surface area contributed by atoms with E-state index < -0.39 is 0 Å². The van der Waals surface area contributed by atoms with Crippen LogP contribution in [0.4, 0.5) is 0 Å². The number of hydrogen-bond donors (Lipinski definition) is 1. The van der Waals surface area contributed by atoms with Crippen LogP contribution in [-0.2, 0) is 4.74 Å². The number of nitrogens with one attached hydrogen (secondary N) is 1. The van der Waals surface area contributed by atoms with Gasteiger partial charge in [-0.25, -0.2) is 0 Å². The lowest BCUT2D eigenvalue weighted by Gasteiger charge is -2.04. The van der Waals surface area contributed by atoms with Gasteiger partial charge >= 0.3 is 0 Å². The first-order valence-corrected chi connectivity index (χ1v) is 5.78. The van der Waals surface area contributed by atoms with Crippen LogP contribution in [0, 0.1) is 0 Å². The molecular formula is C13H20ClNO. The number of ether oxygens (including phenoxy) is 1. The third-order valence-electron chi connectivity index (χ3n) is 2.88. The maximum absolute atomic E-state index is 5.29. The molecule has 0 radical (unpaired) electrons. The van der Waals surface area contributed by atoms with Crippen molar-refractivity contribution < 1.29 is 4.74 Å². The van der Waals surface area contributed by atoms with E-state index >= 15 is 0 Å². The molecule has 0 aromatic heterocycles. The second-order valence-electron chi connectivity index (χ2n) is 4.01. The standard InChI is InChI=1S/C13H19NO.ClH/c1-2-15-9-8-14-13-10-12(13)11-6-4-3-5-7-11;/h3-7,12-14H,2,8-10H2,1H3;1H/t12?,13-;/m0./s1. The molecule has 2 atom stereocenters. The molecule has 0 saturated heterocycles. The van der Waals surface area contributed by atoms with Gasteiger partial charge in [-0.2, -0.15) is 0 Å². The van der Waals surface area contributed by atoms with Crippen molar-refractivity contribution in [1.29, 1.82) is 0 Å². The number of hydrogen-bond acceptors (Lipinski definition) is 2. The molecule has 1 aromatic carbocycles. The van der Waals surface area contributed by atoms with Gasteiger partial charge in [0.25, 0.3) is 0 Å². The largest absolute Gasteiger partial charge is 0.380 e. The summed E-state index contributed by atoms with van der Waals surface area (Å²) in [5.41, 5.74) is 1.46. The molecule has 0 spiro atoms. The molecule has 1 N–H and O–H groups in total. The zero-order valence-corrected chi connectivity index (χ0v) is 10.5. The van der Waals surface area contributed by atoms with Gasteiger partial charge in [-0.3, -0.25) is 0 Å². The summed E-state index contributed by atoms with van der Waals surface area (Å²) < 4.78 is 5.29. The zero-order chi connectivity index (χ0) is 10.5. The Bertz CT molecular complexity index is 291. The molecule has 1 fully saturated rings. The first-order chi connectivity index (χ1) is 7.42. The van der Waals surface area contributed by atoms with Gasteiger partial charge in [0, 0.05) is 25.1 Å². The van der Waals surface area contributed by atoms with Gasteiger partial charge in [0.05, 0.1) is 6.61 Å². The molecule has 1 aromatic rings. The Hall–Kier alpha value is -0.570. The number of benzene rings is 1. The molecular weight excluding hydrogens is 222 g/mol. The van der Waals surface area contributed by atoms with Crippen molar-refractivity contribution in [3.8, 4) is 0 Å². The Balaban J connectivity index is 0.00000128. The van der Waals surface area contributed by atoms with Crippen LogP contribution in [-0.4, -0.2) is 25.8 Å². The summed E-state index contributed by atoms with van der Waals surface area (Å²) in [6.07, 6.45) is 1.27. The fourth-order valence-corrected chi connectivity index (χ4v) is 1.95. The second-order valence-corrected chi connectivity index (χ2v) is 4.01. The first-order valence-electron chi connectivity index (χ1n) is 5.78. The second kappa shape index (κ2) is 6.89. The van der Waals surface area contributed by atoms with Gasteiger partial charge in [-0.15, -0.1) is 12.4 Å². The van der Waals surface area contributed by atoms with E-state index in [2.05, 4.69) is 35.6 Å². The van der Waals surface area contributed by atoms with Gasteiger partial charge < -0.3 is 10.1 Å². The molecule has 0 heterocycles. The summed E-state index contributed by atoms with van der Waals surface area (Å²) in [5.74, 6) is 0.729. The summed E-state index contributed by atoms with van der Waals surface area (Å²) in [7, 11) is 0. The molecule has 3 heteroatoms. The van der Waals surface area contributed by atoms with Crippen LogP contribution in [0.15, 0.2) is 30.3 Å². The van der Waals surface area contributed by atoms with Crippen molar-refractivity contribution in [3.63, 3.8) is 0 Å². The van der Waals surface area contributed by atoms with Crippen molar-refractivity contribution in [1.82, 2.24) is 5.32 Å². The molecule has 2 nitrogen and oxygen atoms in total. The Kier molecular flexibility index (Phi) is 5.81. The molecule has 16 heavy (non-hydrogen) atoms. The summed E-state index contributed by atoms with van der Waals surface area (Å²) in [6, 6.07) is 11.4. The fraction of sp³-hybridized carbons (Fsp3) is 0.538. The van der Waals surface area contributed by atoms with Crippen molar-refractivity contribution >= 4 is 12.4 Å². The monoisotopic (exact) mass is 241 g/mol. The predicted molar refractivity (Wildman–Crippen MR) is 69.3 cm³/mol. The number of halogens is 1. The first kappa shape index (κ1) is 13.5. The molecule has 1 aliphatic rings. The molecule has 1 unspecified atom stereocenters. The number of rotatable bonds is 6. The average molecular weight is 242 g/mol. The third kappa shape index (κ3) is 3.78. The van der Waals surface area contributed by atoms with Gasteiger partial charge in [-0.1, -0.05) is 30.3 Å². The molecule has 1 saturated carbocycles. The van der Waals surface area contributed by atoms with Crippen molar-refractivity contribution in [2.75, 3.05) is 19.8 Å². The molecule has 0 aliphatic heterocycles. The zero-order valence-electron chi connectivity index (χ0n) is 9.69. The molecule has 1 aliphatic carbocycles. The highest BCUT2D eigenvalue weighted by Gasteiger charge is 2.37. The van der Waals surface area contributed by atoms with Crippen molar-refractivity contribution in [3.05, 3.63) is 35.9 Å². The minimum atomic E-state index is 0. The molecule has 2 rings (SSSR count). The summed E-state index contributed by atoms with van der Waals surface area (Å²) in [5, 5.41) is 3.51. The topological polar surface area (TPSA) is 21.3 Å². The van der Waals surface area contributed by atoms with Gasteiger partial charge in [0.1, 0.15) is 0 Å². The Morgan fingerprint density at radius 1 is 1.31 bits per heavy atom. The van der Waals surface area contributed by atoms with Crippen molar-refractivity contribution in [2.24, 2.45) is 0 Å². The van der Waals surface area contributed by atoms with Gasteiger partial charge in [-0.05, 0) is 18.9 Å². The third-order valence-corrected chi connectivity index (χ3v) is 2.88. The quantitative estimate of drug-likeness (QED) is 0.773. The summed E-state index contributed by atoms with van der Waals surface area (Å²) in [6.45, 7) is 4.65. The predicted octanol–water partition coefficient (Wildman–Crippen LogP) is 2.59. The smallest absolute Gasteiger partial charge is 0.0590 e. The Labute approximate surface area is 104 Å². The highest BCUT2D eigenvalue weighted by Crippen LogP contribution is 2.40. The van der Waals surface area contributed by atoms with Crippen LogP contribution in [0.5, 0.6) is 0 Å². The van der Waals surface area contributed by atoms with Crippen LogP contribution < -0.4 is 5.32 Å². The van der Waals surface area contributed by atoms with Crippen molar-refractivity contribution in [2.45, 2.75) is 25.3 Å². The Morgan fingerprint density at radius 3 is 2.75 bits per heavy atom. The lowest BCUT2D eigenvalue weighted by atomic mass is 10.1. The van der Waals surface area contributed by atoms with Gasteiger partial charge in [0.2, 0.25) is 0 Å². The van der Waals surface area contributed by atoms with Crippen LogP contribution in [0.3, 0.4) is 0 Å². The lowest BCUT2D eigenvalue weighted by molar-refractivity contribution is 0.149. The van der Waals surface area contributed by atoms with E-state index in [4.69, 9.17) is 4.74 Å². The normalized spacial score (nSPS) is 22.6. The average Bonchev–Trinajstić information content (AvgIpc) is 3.05. The molecule has 0 amide bonds. The van der Waals surface area contributed by atoms with Crippen LogP contribution >= 0.6 is 12.4 Å². The SMILES string of the molecule is CCOCCN[C@H]1CC1c1ccccc1.Cl. The molecule has 0 bridgehead atoms. The summed E-state index contributed by atoms with van der Waals surface area (Å²) >= 11 is 0. The minimum absolute atomic E-state index is 0. The van der Waals surface area contributed by atoms with E-state index in [-0.39, 0.29) is 12.4 Å². The molecule has 90 valence electrons. The highest BCUT2D eigenvalue weighted by molar-refractivity contribution is 5.85. The maximum Gasteiger partial charge on any atom is 0.0590 e. The fourth-order valence-electron chi connectivity index (χ4n) is 1.95. The lowest BCUT2D eigenvalue weighted by Crippen LogP contribution is -2.22. The van der Waals surface area contributed by atoms with E-state index in [9.17, 15) is 0 Å². The minimum Gasteiger partial charge on any atom is -0.380 e. The van der Waals surface area contributed by atoms with E-state index in [0.717, 1.165) is 25.7 Å². The van der Waals surface area contributed by atoms with E-state index in [1.54, 1.807) is 0 Å². The van der Waals surface area contributed by atoms with Crippen LogP contribution in [0.2, 0.25) is 0 Å². The van der Waals surface area contributed by atoms with E-state index in [0.29, 0.717) is 6.04 Å².